The molecule has 1 aliphatic rings. The van der Waals surface area contributed by atoms with Gasteiger partial charge in [-0.25, -0.2) is 8.78 Å². The number of aliphatic carboxylic acids is 1. The number of carboxylic acids is 1. The van der Waals surface area contributed by atoms with E-state index in [0.717, 1.165) is 0 Å². The summed E-state index contributed by atoms with van der Waals surface area (Å²) >= 11 is 0. The maximum absolute atomic E-state index is 13.9. The molecule has 106 valence electrons. The Bertz CT molecular complexity index is 316. The van der Waals surface area contributed by atoms with Gasteiger partial charge in [0.2, 0.25) is 0 Å². The van der Waals surface area contributed by atoms with Crippen LogP contribution in [-0.2, 0) is 4.79 Å². The maximum atomic E-state index is 13.9. The highest BCUT2D eigenvalue weighted by molar-refractivity contribution is 5.69. The molecular formula is C12H22F2N2O2. The first-order valence-electron chi connectivity index (χ1n) is 6.05. The zero-order valence-electron chi connectivity index (χ0n) is 11.4. The standard InChI is InChI=1S/C12H22F2N2O2/c1-11(2,3)16-6-9(12(13,14)8-16)5-15(4)7-10(17)18/h9H,5-8H2,1-4H3,(H,17,18). The van der Waals surface area contributed by atoms with Gasteiger partial charge in [0.25, 0.3) is 5.92 Å². The summed E-state index contributed by atoms with van der Waals surface area (Å²) in [6.07, 6.45) is 0. The first-order chi connectivity index (χ1) is 8.02. The van der Waals surface area contributed by atoms with E-state index in [1.807, 2.05) is 20.8 Å². The summed E-state index contributed by atoms with van der Waals surface area (Å²) in [7, 11) is 1.56. The molecular weight excluding hydrogens is 242 g/mol. The minimum Gasteiger partial charge on any atom is -0.480 e. The van der Waals surface area contributed by atoms with Crippen LogP contribution in [-0.4, -0.2) is 65.6 Å². The Hall–Kier alpha value is -0.750. The number of halogens is 2. The molecule has 0 aliphatic carbocycles. The summed E-state index contributed by atoms with van der Waals surface area (Å²) in [6, 6.07) is 0. The lowest BCUT2D eigenvalue weighted by Crippen LogP contribution is -2.40. The van der Waals surface area contributed by atoms with Crippen molar-refractivity contribution in [1.29, 1.82) is 0 Å². The van der Waals surface area contributed by atoms with Crippen LogP contribution in [0.2, 0.25) is 0 Å². The van der Waals surface area contributed by atoms with Gasteiger partial charge in [0.15, 0.2) is 0 Å². The average Bonchev–Trinajstić information content (AvgIpc) is 2.39. The molecule has 1 atom stereocenters. The van der Waals surface area contributed by atoms with Crippen LogP contribution < -0.4 is 0 Å². The number of carboxylic acid groups (broad SMARTS) is 1. The van der Waals surface area contributed by atoms with Crippen LogP contribution in [0.25, 0.3) is 0 Å². The molecule has 1 unspecified atom stereocenters. The summed E-state index contributed by atoms with van der Waals surface area (Å²) in [5.74, 6) is -4.55. The van der Waals surface area contributed by atoms with Crippen LogP contribution in [0.5, 0.6) is 0 Å². The molecule has 0 bridgehead atoms. The molecule has 1 rings (SSSR count). The van der Waals surface area contributed by atoms with Crippen molar-refractivity contribution < 1.29 is 18.7 Å². The molecule has 0 aromatic heterocycles. The maximum Gasteiger partial charge on any atom is 0.317 e. The van der Waals surface area contributed by atoms with Crippen molar-refractivity contribution in [2.45, 2.75) is 32.2 Å². The molecule has 0 aromatic rings. The number of carbonyl (C=O) groups is 1. The smallest absolute Gasteiger partial charge is 0.317 e. The molecule has 1 N–H and O–H groups in total. The monoisotopic (exact) mass is 264 g/mol. The molecule has 4 nitrogen and oxygen atoms in total. The van der Waals surface area contributed by atoms with Crippen molar-refractivity contribution >= 4 is 5.97 Å². The Morgan fingerprint density at radius 2 is 2.06 bits per heavy atom. The Kier molecular flexibility index (Phi) is 4.33. The van der Waals surface area contributed by atoms with Gasteiger partial charge in [0.05, 0.1) is 13.1 Å². The number of rotatable bonds is 4. The van der Waals surface area contributed by atoms with Crippen LogP contribution in [0, 0.1) is 5.92 Å². The van der Waals surface area contributed by atoms with E-state index in [-0.39, 0.29) is 25.2 Å². The van der Waals surface area contributed by atoms with Crippen LogP contribution in [0.4, 0.5) is 8.78 Å². The third kappa shape index (κ3) is 3.88. The molecule has 1 saturated heterocycles. The Morgan fingerprint density at radius 3 is 2.44 bits per heavy atom. The SMILES string of the molecule is CN(CC(=O)O)CC1CN(C(C)(C)C)CC1(F)F. The van der Waals surface area contributed by atoms with Crippen molar-refractivity contribution in [3.8, 4) is 0 Å². The van der Waals surface area contributed by atoms with Gasteiger partial charge in [-0.3, -0.25) is 14.6 Å². The number of likely N-dealkylation sites (tertiary alicyclic amines) is 1. The lowest BCUT2D eigenvalue weighted by Gasteiger charge is -2.31. The number of nitrogens with zero attached hydrogens (tertiary/aromatic N) is 2. The summed E-state index contributed by atoms with van der Waals surface area (Å²) in [6.45, 7) is 5.68. The summed E-state index contributed by atoms with van der Waals surface area (Å²) in [4.78, 5) is 13.7. The topological polar surface area (TPSA) is 43.8 Å². The second-order valence-electron chi connectivity index (χ2n) is 6.10. The fourth-order valence-corrected chi connectivity index (χ4v) is 2.22. The van der Waals surface area contributed by atoms with Crippen LogP contribution in [0.15, 0.2) is 0 Å². The lowest BCUT2D eigenvalue weighted by molar-refractivity contribution is -0.138. The van der Waals surface area contributed by atoms with E-state index >= 15 is 0 Å². The molecule has 1 heterocycles. The molecule has 0 amide bonds. The molecule has 0 spiro atoms. The van der Waals surface area contributed by atoms with Crippen molar-refractivity contribution in [1.82, 2.24) is 9.80 Å². The second kappa shape index (κ2) is 5.09. The predicted octanol–water partition coefficient (Wildman–Crippen LogP) is 1.37. The van der Waals surface area contributed by atoms with Crippen molar-refractivity contribution in [2.24, 2.45) is 5.92 Å². The van der Waals surface area contributed by atoms with Gasteiger partial charge in [0, 0.05) is 24.5 Å². The highest BCUT2D eigenvalue weighted by Crippen LogP contribution is 2.36. The van der Waals surface area contributed by atoms with Crippen molar-refractivity contribution in [3.63, 3.8) is 0 Å². The molecule has 6 heteroatoms. The molecule has 0 radical (unpaired) electrons. The summed E-state index contributed by atoms with van der Waals surface area (Å²) < 4.78 is 27.7. The fraction of sp³-hybridized carbons (Fsp3) is 0.917. The van der Waals surface area contributed by atoms with Gasteiger partial charge in [-0.2, -0.15) is 0 Å². The highest BCUT2D eigenvalue weighted by Gasteiger charge is 2.50. The second-order valence-corrected chi connectivity index (χ2v) is 6.10. The largest absolute Gasteiger partial charge is 0.480 e. The molecule has 0 saturated carbocycles. The van der Waals surface area contributed by atoms with Gasteiger partial charge in [0.1, 0.15) is 0 Å². The number of likely N-dealkylation sites (N-methyl/N-ethyl adjacent to an activating group) is 1. The van der Waals surface area contributed by atoms with E-state index in [2.05, 4.69) is 0 Å². The van der Waals surface area contributed by atoms with Gasteiger partial charge < -0.3 is 5.11 Å². The Morgan fingerprint density at radius 1 is 1.50 bits per heavy atom. The Balaban J connectivity index is 2.63. The first-order valence-corrected chi connectivity index (χ1v) is 6.05. The van der Waals surface area contributed by atoms with E-state index in [1.165, 1.54) is 4.90 Å². The normalized spacial score (nSPS) is 24.7. The molecule has 18 heavy (non-hydrogen) atoms. The number of alkyl halides is 2. The molecule has 1 fully saturated rings. The fourth-order valence-electron chi connectivity index (χ4n) is 2.22. The average molecular weight is 264 g/mol. The lowest BCUT2D eigenvalue weighted by atomic mass is 10.0. The van der Waals surface area contributed by atoms with Gasteiger partial charge in [-0.15, -0.1) is 0 Å². The van der Waals surface area contributed by atoms with Gasteiger partial charge in [-0.1, -0.05) is 0 Å². The van der Waals surface area contributed by atoms with E-state index in [4.69, 9.17) is 5.11 Å². The minimum absolute atomic E-state index is 0.103. The zero-order valence-corrected chi connectivity index (χ0v) is 11.4. The van der Waals surface area contributed by atoms with E-state index in [1.54, 1.807) is 11.9 Å². The third-order valence-corrected chi connectivity index (χ3v) is 3.33. The van der Waals surface area contributed by atoms with Crippen molar-refractivity contribution in [3.05, 3.63) is 0 Å². The molecule has 0 aromatic carbocycles. The van der Waals surface area contributed by atoms with E-state index in [9.17, 15) is 13.6 Å². The Labute approximate surface area is 107 Å². The van der Waals surface area contributed by atoms with Gasteiger partial charge >= 0.3 is 5.97 Å². The van der Waals surface area contributed by atoms with Crippen LogP contribution in [0.3, 0.4) is 0 Å². The third-order valence-electron chi connectivity index (χ3n) is 3.33. The molecule has 1 aliphatic heterocycles. The van der Waals surface area contributed by atoms with Crippen molar-refractivity contribution in [2.75, 3.05) is 33.2 Å². The predicted molar refractivity (Wildman–Crippen MR) is 64.9 cm³/mol. The van der Waals surface area contributed by atoms with E-state index in [0.29, 0.717) is 6.54 Å². The van der Waals surface area contributed by atoms with Crippen LogP contribution >= 0.6 is 0 Å². The van der Waals surface area contributed by atoms with Gasteiger partial charge in [-0.05, 0) is 27.8 Å². The highest BCUT2D eigenvalue weighted by atomic mass is 19.3. The number of hydrogen-bond acceptors (Lipinski definition) is 3. The van der Waals surface area contributed by atoms with E-state index < -0.39 is 17.8 Å². The number of hydrogen-bond donors (Lipinski definition) is 1. The summed E-state index contributed by atoms with van der Waals surface area (Å²) in [5, 5.41) is 8.63. The minimum atomic E-state index is -2.75. The summed E-state index contributed by atoms with van der Waals surface area (Å²) in [5.41, 5.74) is -0.288. The quantitative estimate of drug-likeness (QED) is 0.833. The first kappa shape index (κ1) is 15.3. The van der Waals surface area contributed by atoms with Crippen LogP contribution in [0.1, 0.15) is 20.8 Å². The zero-order chi connectivity index (χ0) is 14.1.